The molecule has 0 aliphatic rings. The summed E-state index contributed by atoms with van der Waals surface area (Å²) in [5.41, 5.74) is 1.59. The van der Waals surface area contributed by atoms with Gasteiger partial charge in [-0.3, -0.25) is 0 Å². The predicted octanol–water partition coefficient (Wildman–Crippen LogP) is 4.07. The van der Waals surface area contributed by atoms with Crippen LogP contribution in [0.4, 0.5) is 0 Å². The SMILES string of the molecule is Cc1c(S(=O)(=O)c2ccc(Br)cc2)[nH]c2ccccc12. The zero-order chi connectivity index (χ0) is 14.3. The van der Waals surface area contributed by atoms with Crippen molar-refractivity contribution >= 4 is 36.7 Å². The second-order valence-electron chi connectivity index (χ2n) is 4.58. The number of benzene rings is 2. The first-order valence-electron chi connectivity index (χ1n) is 6.08. The number of fused-ring (bicyclic) bond motifs is 1. The van der Waals surface area contributed by atoms with E-state index >= 15 is 0 Å². The van der Waals surface area contributed by atoms with Crippen molar-refractivity contribution in [2.45, 2.75) is 16.8 Å². The van der Waals surface area contributed by atoms with E-state index in [0.717, 1.165) is 20.9 Å². The van der Waals surface area contributed by atoms with Crippen LogP contribution in [-0.4, -0.2) is 13.4 Å². The average molecular weight is 350 g/mol. The van der Waals surface area contributed by atoms with Crippen LogP contribution in [0, 0.1) is 6.92 Å². The normalized spacial score (nSPS) is 11.9. The molecular formula is C15H12BrNO2S. The van der Waals surface area contributed by atoms with E-state index in [1.807, 2.05) is 31.2 Å². The second-order valence-corrected chi connectivity index (χ2v) is 7.38. The number of aryl methyl sites for hydroxylation is 1. The standard InChI is InChI=1S/C15H12BrNO2S/c1-10-13-4-2-3-5-14(13)17-15(10)20(18,19)12-8-6-11(16)7-9-12/h2-9,17H,1H3. The molecule has 0 unspecified atom stereocenters. The van der Waals surface area contributed by atoms with Crippen molar-refractivity contribution in [1.82, 2.24) is 4.98 Å². The minimum Gasteiger partial charge on any atom is -0.345 e. The Morgan fingerprint density at radius 2 is 1.65 bits per heavy atom. The van der Waals surface area contributed by atoms with Gasteiger partial charge in [0.05, 0.1) is 4.90 Å². The van der Waals surface area contributed by atoms with Gasteiger partial charge in [0, 0.05) is 15.4 Å². The average Bonchev–Trinajstić information content (AvgIpc) is 2.78. The molecule has 0 spiro atoms. The van der Waals surface area contributed by atoms with Crippen LogP contribution in [-0.2, 0) is 9.84 Å². The van der Waals surface area contributed by atoms with Gasteiger partial charge in [0.1, 0.15) is 5.03 Å². The number of hydrogen-bond donors (Lipinski definition) is 1. The fraction of sp³-hybridized carbons (Fsp3) is 0.0667. The number of aromatic nitrogens is 1. The highest BCUT2D eigenvalue weighted by Gasteiger charge is 2.23. The molecule has 1 aromatic heterocycles. The molecule has 0 atom stereocenters. The van der Waals surface area contributed by atoms with Gasteiger partial charge in [-0.2, -0.15) is 0 Å². The number of hydrogen-bond acceptors (Lipinski definition) is 2. The molecule has 1 N–H and O–H groups in total. The Morgan fingerprint density at radius 3 is 2.30 bits per heavy atom. The van der Waals surface area contributed by atoms with Crippen molar-refractivity contribution in [3.63, 3.8) is 0 Å². The first-order chi connectivity index (χ1) is 9.50. The fourth-order valence-corrected chi connectivity index (χ4v) is 4.01. The highest BCUT2D eigenvalue weighted by atomic mass is 79.9. The van der Waals surface area contributed by atoms with Gasteiger partial charge in [-0.1, -0.05) is 34.1 Å². The predicted molar refractivity (Wildman–Crippen MR) is 82.6 cm³/mol. The highest BCUT2D eigenvalue weighted by Crippen LogP contribution is 2.29. The Balaban J connectivity index is 2.24. The topological polar surface area (TPSA) is 49.9 Å². The van der Waals surface area contributed by atoms with E-state index in [2.05, 4.69) is 20.9 Å². The van der Waals surface area contributed by atoms with Gasteiger partial charge in [0.15, 0.2) is 0 Å². The largest absolute Gasteiger partial charge is 0.345 e. The number of halogens is 1. The molecule has 0 aliphatic carbocycles. The molecule has 0 aliphatic heterocycles. The molecule has 0 radical (unpaired) electrons. The van der Waals surface area contributed by atoms with E-state index in [-0.39, 0.29) is 9.92 Å². The van der Waals surface area contributed by atoms with Gasteiger partial charge in [-0.15, -0.1) is 0 Å². The van der Waals surface area contributed by atoms with Gasteiger partial charge in [-0.25, -0.2) is 8.42 Å². The monoisotopic (exact) mass is 349 g/mol. The van der Waals surface area contributed by atoms with Gasteiger partial charge in [0.2, 0.25) is 9.84 Å². The van der Waals surface area contributed by atoms with Crippen LogP contribution in [0.2, 0.25) is 0 Å². The number of H-pyrrole nitrogens is 1. The zero-order valence-corrected chi connectivity index (χ0v) is 13.1. The molecule has 2 aromatic carbocycles. The molecule has 3 aromatic rings. The third-order valence-corrected chi connectivity index (χ3v) is 5.68. The van der Waals surface area contributed by atoms with Gasteiger partial charge in [0.25, 0.3) is 0 Å². The molecule has 0 saturated carbocycles. The molecule has 0 amide bonds. The maximum atomic E-state index is 12.7. The second kappa shape index (κ2) is 4.75. The summed E-state index contributed by atoms with van der Waals surface area (Å²) in [5.74, 6) is 0. The number of para-hydroxylation sites is 1. The van der Waals surface area contributed by atoms with Crippen LogP contribution in [0.15, 0.2) is 62.9 Å². The molecule has 3 nitrogen and oxygen atoms in total. The number of aromatic amines is 1. The van der Waals surface area contributed by atoms with Crippen molar-refractivity contribution < 1.29 is 8.42 Å². The van der Waals surface area contributed by atoms with E-state index in [0.29, 0.717) is 0 Å². The molecule has 102 valence electrons. The van der Waals surface area contributed by atoms with Crippen molar-refractivity contribution in [3.05, 3.63) is 58.6 Å². The molecule has 3 rings (SSSR count). The summed E-state index contributed by atoms with van der Waals surface area (Å²) < 4.78 is 26.2. The van der Waals surface area contributed by atoms with Crippen molar-refractivity contribution in [3.8, 4) is 0 Å². The maximum absolute atomic E-state index is 12.7. The quantitative estimate of drug-likeness (QED) is 0.757. The lowest BCUT2D eigenvalue weighted by Crippen LogP contribution is -2.03. The summed E-state index contributed by atoms with van der Waals surface area (Å²) in [6.45, 7) is 1.82. The van der Waals surface area contributed by atoms with E-state index in [1.54, 1.807) is 24.3 Å². The molecule has 0 bridgehead atoms. The Hall–Kier alpha value is -1.59. The lowest BCUT2D eigenvalue weighted by Gasteiger charge is -2.04. The first kappa shape index (κ1) is 13.4. The summed E-state index contributed by atoms with van der Waals surface area (Å²) in [5, 5.41) is 1.20. The fourth-order valence-electron chi connectivity index (χ4n) is 2.26. The van der Waals surface area contributed by atoms with Crippen LogP contribution in [0.5, 0.6) is 0 Å². The Kier molecular flexibility index (Phi) is 3.18. The van der Waals surface area contributed by atoms with Gasteiger partial charge in [-0.05, 0) is 42.8 Å². The summed E-state index contributed by atoms with van der Waals surface area (Å²) in [7, 11) is -3.52. The van der Waals surface area contributed by atoms with Gasteiger partial charge < -0.3 is 4.98 Å². The maximum Gasteiger partial charge on any atom is 0.222 e. The van der Waals surface area contributed by atoms with Crippen LogP contribution in [0.3, 0.4) is 0 Å². The van der Waals surface area contributed by atoms with Crippen molar-refractivity contribution in [2.24, 2.45) is 0 Å². The van der Waals surface area contributed by atoms with Crippen molar-refractivity contribution in [1.29, 1.82) is 0 Å². The molecular weight excluding hydrogens is 338 g/mol. The summed E-state index contributed by atoms with van der Waals surface area (Å²) >= 11 is 3.31. The van der Waals surface area contributed by atoms with E-state index < -0.39 is 9.84 Å². The zero-order valence-electron chi connectivity index (χ0n) is 10.7. The summed E-state index contributed by atoms with van der Waals surface area (Å²) in [6, 6.07) is 14.2. The minimum atomic E-state index is -3.52. The minimum absolute atomic E-state index is 0.265. The highest BCUT2D eigenvalue weighted by molar-refractivity contribution is 9.10. The lowest BCUT2D eigenvalue weighted by molar-refractivity contribution is 0.592. The number of rotatable bonds is 2. The van der Waals surface area contributed by atoms with Crippen LogP contribution in [0.1, 0.15) is 5.56 Å². The molecule has 1 heterocycles. The molecule has 20 heavy (non-hydrogen) atoms. The number of sulfone groups is 1. The third-order valence-electron chi connectivity index (χ3n) is 3.31. The van der Waals surface area contributed by atoms with Crippen LogP contribution >= 0.6 is 15.9 Å². The Bertz CT molecular complexity index is 880. The van der Waals surface area contributed by atoms with E-state index in [9.17, 15) is 8.42 Å². The first-order valence-corrected chi connectivity index (χ1v) is 8.36. The molecule has 0 fully saturated rings. The molecule has 5 heteroatoms. The van der Waals surface area contributed by atoms with E-state index in [4.69, 9.17) is 0 Å². The Morgan fingerprint density at radius 1 is 1.00 bits per heavy atom. The Labute approximate surface area is 125 Å². The summed E-state index contributed by atoms with van der Waals surface area (Å²) in [6.07, 6.45) is 0. The molecule has 0 saturated heterocycles. The summed E-state index contributed by atoms with van der Waals surface area (Å²) in [4.78, 5) is 3.30. The number of nitrogens with one attached hydrogen (secondary N) is 1. The lowest BCUT2D eigenvalue weighted by atomic mass is 10.2. The van der Waals surface area contributed by atoms with E-state index in [1.165, 1.54) is 0 Å². The van der Waals surface area contributed by atoms with Crippen LogP contribution < -0.4 is 0 Å². The van der Waals surface area contributed by atoms with Crippen LogP contribution in [0.25, 0.3) is 10.9 Å². The van der Waals surface area contributed by atoms with Gasteiger partial charge >= 0.3 is 0 Å². The smallest absolute Gasteiger partial charge is 0.222 e. The third kappa shape index (κ3) is 2.07. The van der Waals surface area contributed by atoms with Crippen molar-refractivity contribution in [2.75, 3.05) is 0 Å².